The lowest BCUT2D eigenvalue weighted by Crippen LogP contribution is -2.11. The van der Waals surface area contributed by atoms with Gasteiger partial charge in [-0.15, -0.1) is 5.10 Å². The fraction of sp³-hybridized carbons (Fsp3) is 0.583. The van der Waals surface area contributed by atoms with Gasteiger partial charge in [0.15, 0.2) is 6.29 Å². The van der Waals surface area contributed by atoms with Gasteiger partial charge in [0.2, 0.25) is 0 Å². The lowest BCUT2D eigenvalue weighted by atomic mass is 9.97. The lowest BCUT2D eigenvalue weighted by molar-refractivity contribution is 0.111. The Balaban J connectivity index is 3.13. The van der Waals surface area contributed by atoms with Crippen molar-refractivity contribution >= 4 is 6.29 Å². The van der Waals surface area contributed by atoms with Gasteiger partial charge in [0.1, 0.15) is 5.69 Å². The molecular formula is C12H19N3O. The average molecular weight is 221 g/mol. The van der Waals surface area contributed by atoms with Gasteiger partial charge in [0, 0.05) is 5.92 Å². The first-order valence-corrected chi connectivity index (χ1v) is 5.66. The monoisotopic (exact) mass is 221 g/mol. The third-order valence-corrected chi connectivity index (χ3v) is 2.70. The largest absolute Gasteiger partial charge is 0.296 e. The molecule has 0 bridgehead atoms. The first-order chi connectivity index (χ1) is 7.63. The molecule has 4 nitrogen and oxygen atoms in total. The van der Waals surface area contributed by atoms with E-state index in [4.69, 9.17) is 0 Å². The summed E-state index contributed by atoms with van der Waals surface area (Å²) in [7, 11) is 0. The smallest absolute Gasteiger partial charge is 0.172 e. The molecule has 1 heterocycles. The molecule has 1 aromatic heterocycles. The van der Waals surface area contributed by atoms with Crippen LogP contribution in [0.4, 0.5) is 0 Å². The zero-order chi connectivity index (χ0) is 12.1. The zero-order valence-corrected chi connectivity index (χ0v) is 10.2. The van der Waals surface area contributed by atoms with Crippen LogP contribution >= 0.6 is 0 Å². The quantitative estimate of drug-likeness (QED) is 0.548. The Morgan fingerprint density at radius 1 is 1.50 bits per heavy atom. The summed E-state index contributed by atoms with van der Waals surface area (Å²) >= 11 is 0. The summed E-state index contributed by atoms with van der Waals surface area (Å²) in [6.07, 6.45) is 2.76. The first-order valence-electron chi connectivity index (χ1n) is 5.66. The Morgan fingerprint density at radius 2 is 2.12 bits per heavy atom. The Labute approximate surface area is 96.3 Å². The molecule has 0 atom stereocenters. The molecule has 1 aromatic rings. The molecule has 0 fully saturated rings. The summed E-state index contributed by atoms with van der Waals surface area (Å²) in [6.45, 7) is 10.7. The van der Waals surface area contributed by atoms with Gasteiger partial charge in [-0.2, -0.15) is 0 Å². The van der Waals surface area contributed by atoms with Crippen molar-refractivity contribution < 1.29 is 4.79 Å². The molecule has 4 heteroatoms. The van der Waals surface area contributed by atoms with Crippen LogP contribution in [0.25, 0.3) is 0 Å². The van der Waals surface area contributed by atoms with E-state index in [1.54, 1.807) is 4.68 Å². The van der Waals surface area contributed by atoms with Gasteiger partial charge in [-0.05, 0) is 19.8 Å². The van der Waals surface area contributed by atoms with Crippen molar-refractivity contribution in [1.82, 2.24) is 15.0 Å². The van der Waals surface area contributed by atoms with Gasteiger partial charge in [-0.3, -0.25) is 4.79 Å². The molecule has 0 aliphatic heterocycles. The van der Waals surface area contributed by atoms with E-state index in [-0.39, 0.29) is 0 Å². The molecule has 0 saturated heterocycles. The summed E-state index contributed by atoms with van der Waals surface area (Å²) < 4.78 is 1.80. The Hall–Kier alpha value is -1.45. The predicted octanol–water partition coefficient (Wildman–Crippen LogP) is 2.57. The molecular weight excluding hydrogens is 202 g/mol. The molecule has 0 aliphatic carbocycles. The number of carbonyl (C=O) groups excluding carboxylic acids is 1. The van der Waals surface area contributed by atoms with Crippen LogP contribution in [0.2, 0.25) is 0 Å². The van der Waals surface area contributed by atoms with Crippen LogP contribution in [0, 0.1) is 0 Å². The topological polar surface area (TPSA) is 47.8 Å². The van der Waals surface area contributed by atoms with Crippen molar-refractivity contribution in [2.24, 2.45) is 0 Å². The summed E-state index contributed by atoms with van der Waals surface area (Å²) in [5, 5.41) is 7.93. The maximum atomic E-state index is 10.9. The van der Waals surface area contributed by atoms with E-state index in [2.05, 4.69) is 30.7 Å². The van der Waals surface area contributed by atoms with Crippen molar-refractivity contribution in [3.8, 4) is 0 Å². The molecule has 0 N–H and O–H groups in total. The fourth-order valence-electron chi connectivity index (χ4n) is 1.89. The first kappa shape index (κ1) is 12.6. The number of hydrogen-bond acceptors (Lipinski definition) is 3. The van der Waals surface area contributed by atoms with E-state index < -0.39 is 0 Å². The molecule has 16 heavy (non-hydrogen) atoms. The highest BCUT2D eigenvalue weighted by Crippen LogP contribution is 2.24. The second-order valence-electron chi connectivity index (χ2n) is 4.11. The highest BCUT2D eigenvalue weighted by molar-refractivity contribution is 5.73. The van der Waals surface area contributed by atoms with Crippen LogP contribution in [0.1, 0.15) is 55.7 Å². The van der Waals surface area contributed by atoms with Crippen LogP contribution in [-0.2, 0) is 6.54 Å². The predicted molar refractivity (Wildman–Crippen MR) is 63.5 cm³/mol. The van der Waals surface area contributed by atoms with Gasteiger partial charge in [0.25, 0.3) is 0 Å². The minimum absolute atomic E-state index is 0.342. The molecule has 0 saturated carbocycles. The number of rotatable bonds is 6. The van der Waals surface area contributed by atoms with E-state index in [0.29, 0.717) is 18.2 Å². The molecule has 0 radical (unpaired) electrons. The number of nitrogens with zero attached hydrogens (tertiary/aromatic N) is 3. The average Bonchev–Trinajstić information content (AvgIpc) is 2.63. The maximum absolute atomic E-state index is 10.9. The van der Waals surface area contributed by atoms with Crippen LogP contribution in [0.15, 0.2) is 12.2 Å². The van der Waals surface area contributed by atoms with E-state index in [1.165, 1.54) is 0 Å². The number of aromatic nitrogens is 3. The van der Waals surface area contributed by atoms with Crippen molar-refractivity contribution in [3.63, 3.8) is 0 Å². The SMILES string of the molecule is C=C(C)Cn1nnc(C=O)c1C(CC)CC. The standard InChI is InChI=1S/C12H19N3O/c1-5-10(6-2)12-11(8-16)13-14-15(12)7-9(3)4/h8,10H,3,5-7H2,1-2,4H3. The third kappa shape index (κ3) is 2.56. The summed E-state index contributed by atoms with van der Waals surface area (Å²) in [5.41, 5.74) is 2.42. The third-order valence-electron chi connectivity index (χ3n) is 2.70. The molecule has 0 spiro atoms. The number of allylic oxidation sites excluding steroid dienone is 1. The van der Waals surface area contributed by atoms with Crippen LogP contribution < -0.4 is 0 Å². The normalized spacial score (nSPS) is 10.8. The van der Waals surface area contributed by atoms with E-state index >= 15 is 0 Å². The van der Waals surface area contributed by atoms with Gasteiger partial charge in [-0.25, -0.2) is 4.68 Å². The van der Waals surface area contributed by atoms with Crippen molar-refractivity contribution in [1.29, 1.82) is 0 Å². The molecule has 0 aromatic carbocycles. The number of hydrogen-bond donors (Lipinski definition) is 0. The Kier molecular flexibility index (Phi) is 4.40. The lowest BCUT2D eigenvalue weighted by Gasteiger charge is -2.14. The molecule has 0 unspecified atom stereocenters. The summed E-state index contributed by atoms with van der Waals surface area (Å²) in [6, 6.07) is 0. The minimum atomic E-state index is 0.342. The van der Waals surface area contributed by atoms with Gasteiger partial charge in [-0.1, -0.05) is 31.2 Å². The van der Waals surface area contributed by atoms with E-state index in [0.717, 1.165) is 30.4 Å². The van der Waals surface area contributed by atoms with Crippen LogP contribution in [-0.4, -0.2) is 21.3 Å². The van der Waals surface area contributed by atoms with Gasteiger partial charge >= 0.3 is 0 Å². The molecule has 0 aliphatic rings. The van der Waals surface area contributed by atoms with E-state index in [9.17, 15) is 4.79 Å². The minimum Gasteiger partial charge on any atom is -0.296 e. The second kappa shape index (κ2) is 5.58. The van der Waals surface area contributed by atoms with Gasteiger partial charge in [0.05, 0.1) is 12.2 Å². The zero-order valence-electron chi connectivity index (χ0n) is 10.2. The number of carbonyl (C=O) groups is 1. The number of aldehydes is 1. The molecule has 1 rings (SSSR count). The Morgan fingerprint density at radius 3 is 2.56 bits per heavy atom. The van der Waals surface area contributed by atoms with Crippen LogP contribution in [0.3, 0.4) is 0 Å². The fourth-order valence-corrected chi connectivity index (χ4v) is 1.89. The van der Waals surface area contributed by atoms with Gasteiger partial charge < -0.3 is 0 Å². The summed E-state index contributed by atoms with van der Waals surface area (Å²) in [4.78, 5) is 10.9. The van der Waals surface area contributed by atoms with E-state index in [1.807, 2.05) is 6.92 Å². The summed E-state index contributed by atoms with van der Waals surface area (Å²) in [5.74, 6) is 0.342. The van der Waals surface area contributed by atoms with Crippen LogP contribution in [0.5, 0.6) is 0 Å². The Bertz CT molecular complexity index is 378. The molecule has 0 amide bonds. The highest BCUT2D eigenvalue weighted by atomic mass is 16.1. The molecule has 88 valence electrons. The van der Waals surface area contributed by atoms with Crippen molar-refractivity contribution in [3.05, 3.63) is 23.5 Å². The highest BCUT2D eigenvalue weighted by Gasteiger charge is 2.19. The maximum Gasteiger partial charge on any atom is 0.172 e. The van der Waals surface area contributed by atoms with Crippen molar-refractivity contribution in [2.45, 2.75) is 46.1 Å². The second-order valence-corrected chi connectivity index (χ2v) is 4.11. The van der Waals surface area contributed by atoms with Crippen molar-refractivity contribution in [2.75, 3.05) is 0 Å².